The van der Waals surface area contributed by atoms with E-state index >= 15 is 0 Å². The normalized spacial score (nSPS) is 12.7. The monoisotopic (exact) mass is 709 g/mol. The molecule has 1 N–H and O–H groups in total. The van der Waals surface area contributed by atoms with Crippen molar-refractivity contribution in [3.8, 4) is 17.1 Å². The molecule has 0 bridgehead atoms. The standard InChI is InChI=1S/C30H30Cl2FN5O.4ClH/c1-21-28(35-29(22-9-3-2-4-10-22)38(21)25-13-6-5-12-24(25)33)30(39)34-15-8-16-36-17-19-37(20-18-36)26-14-7-11-23(31)27(26)32;;;;/h2-7,9-14H,8,15-20H2,1H3,(H,34,39);4*1H. The van der Waals surface area contributed by atoms with Gasteiger partial charge in [-0.25, -0.2) is 9.37 Å². The van der Waals surface area contributed by atoms with E-state index in [1.165, 1.54) is 6.07 Å². The number of hydrogen-bond donors (Lipinski definition) is 1. The number of para-hydroxylation sites is 1. The average Bonchev–Trinajstić information content (AvgIpc) is 3.30. The van der Waals surface area contributed by atoms with Gasteiger partial charge in [-0.3, -0.25) is 14.3 Å². The summed E-state index contributed by atoms with van der Waals surface area (Å²) < 4.78 is 16.5. The Morgan fingerprint density at radius 1 is 0.860 bits per heavy atom. The largest absolute Gasteiger partial charge is 0.368 e. The Morgan fingerprint density at radius 2 is 1.49 bits per heavy atom. The fourth-order valence-corrected chi connectivity index (χ4v) is 5.38. The zero-order valence-corrected chi connectivity index (χ0v) is 28.1. The number of hydrogen-bond acceptors (Lipinski definition) is 4. The molecule has 4 aromatic rings. The van der Waals surface area contributed by atoms with Crippen LogP contribution < -0.4 is 10.2 Å². The number of piperazine rings is 1. The van der Waals surface area contributed by atoms with Crippen LogP contribution in [0.1, 0.15) is 22.6 Å². The summed E-state index contributed by atoms with van der Waals surface area (Å²) in [5.74, 6) is -0.110. The van der Waals surface area contributed by atoms with Crippen LogP contribution in [0.25, 0.3) is 17.1 Å². The molecule has 0 spiro atoms. The highest BCUT2D eigenvalue weighted by Crippen LogP contribution is 2.33. The molecule has 43 heavy (non-hydrogen) atoms. The van der Waals surface area contributed by atoms with Crippen molar-refractivity contribution in [1.82, 2.24) is 19.8 Å². The summed E-state index contributed by atoms with van der Waals surface area (Å²) >= 11 is 12.6. The van der Waals surface area contributed by atoms with E-state index in [9.17, 15) is 9.18 Å². The van der Waals surface area contributed by atoms with Crippen molar-refractivity contribution in [2.24, 2.45) is 0 Å². The fourth-order valence-electron chi connectivity index (χ4n) is 4.96. The molecule has 0 aliphatic carbocycles. The summed E-state index contributed by atoms with van der Waals surface area (Å²) in [5.41, 5.74) is 3.02. The van der Waals surface area contributed by atoms with Crippen molar-refractivity contribution in [2.45, 2.75) is 13.3 Å². The van der Waals surface area contributed by atoms with E-state index in [0.29, 0.717) is 39.5 Å². The minimum Gasteiger partial charge on any atom is -0.368 e. The predicted molar refractivity (Wildman–Crippen MR) is 185 cm³/mol. The van der Waals surface area contributed by atoms with Crippen LogP contribution in [0.2, 0.25) is 10.0 Å². The third kappa shape index (κ3) is 8.92. The first-order valence-electron chi connectivity index (χ1n) is 13.0. The summed E-state index contributed by atoms with van der Waals surface area (Å²) in [6, 6.07) is 21.7. The van der Waals surface area contributed by atoms with Gasteiger partial charge in [-0.15, -0.1) is 49.6 Å². The number of benzene rings is 3. The molecule has 0 unspecified atom stereocenters. The molecule has 2 heterocycles. The maximum Gasteiger partial charge on any atom is 0.271 e. The van der Waals surface area contributed by atoms with E-state index in [2.05, 4.69) is 20.1 Å². The first-order chi connectivity index (χ1) is 18.9. The minimum absolute atomic E-state index is 0. The van der Waals surface area contributed by atoms with Crippen LogP contribution in [0.5, 0.6) is 0 Å². The van der Waals surface area contributed by atoms with E-state index < -0.39 is 0 Å². The van der Waals surface area contributed by atoms with Gasteiger partial charge in [0, 0.05) is 38.3 Å². The molecule has 5 rings (SSSR count). The molecule has 0 saturated carbocycles. The van der Waals surface area contributed by atoms with E-state index in [1.807, 2.05) is 42.5 Å². The minimum atomic E-state index is -0.375. The van der Waals surface area contributed by atoms with Crippen molar-refractivity contribution >= 4 is 84.4 Å². The zero-order chi connectivity index (χ0) is 27.4. The van der Waals surface area contributed by atoms with Crippen LogP contribution in [0.4, 0.5) is 10.1 Å². The molecular weight excluding hydrogens is 678 g/mol. The van der Waals surface area contributed by atoms with Crippen LogP contribution >= 0.6 is 72.8 Å². The Labute approximate surface area is 286 Å². The number of rotatable bonds is 8. The second-order valence-corrected chi connectivity index (χ2v) is 10.3. The van der Waals surface area contributed by atoms with Crippen LogP contribution in [-0.2, 0) is 0 Å². The Balaban J connectivity index is 0.00000231. The Hall–Kier alpha value is -2.23. The lowest BCUT2D eigenvalue weighted by molar-refractivity contribution is 0.0946. The van der Waals surface area contributed by atoms with Gasteiger partial charge in [-0.05, 0) is 44.2 Å². The molecule has 1 aromatic heterocycles. The molecule has 234 valence electrons. The van der Waals surface area contributed by atoms with Gasteiger partial charge in [-0.1, -0.05) is 71.7 Å². The fraction of sp³-hybridized carbons (Fsp3) is 0.267. The summed E-state index contributed by atoms with van der Waals surface area (Å²) in [7, 11) is 0. The lowest BCUT2D eigenvalue weighted by atomic mass is 10.2. The van der Waals surface area contributed by atoms with Gasteiger partial charge >= 0.3 is 0 Å². The third-order valence-corrected chi connectivity index (χ3v) is 7.84. The summed E-state index contributed by atoms with van der Waals surface area (Å²) in [5, 5.41) is 4.17. The third-order valence-electron chi connectivity index (χ3n) is 7.03. The molecule has 1 saturated heterocycles. The summed E-state index contributed by atoms with van der Waals surface area (Å²) in [6.07, 6.45) is 0.808. The molecule has 0 radical (unpaired) electrons. The second-order valence-electron chi connectivity index (χ2n) is 9.53. The van der Waals surface area contributed by atoms with Crippen LogP contribution in [0.3, 0.4) is 0 Å². The van der Waals surface area contributed by atoms with E-state index in [0.717, 1.165) is 50.4 Å². The second kappa shape index (κ2) is 17.9. The summed E-state index contributed by atoms with van der Waals surface area (Å²) in [4.78, 5) is 22.5. The van der Waals surface area contributed by atoms with Gasteiger partial charge in [0.25, 0.3) is 5.91 Å². The lowest BCUT2D eigenvalue weighted by Gasteiger charge is -2.36. The van der Waals surface area contributed by atoms with Gasteiger partial charge in [0.15, 0.2) is 0 Å². The summed E-state index contributed by atoms with van der Waals surface area (Å²) in [6.45, 7) is 6.73. The number of nitrogens with one attached hydrogen (secondary N) is 1. The zero-order valence-electron chi connectivity index (χ0n) is 23.3. The van der Waals surface area contributed by atoms with Crippen LogP contribution in [0.15, 0.2) is 72.8 Å². The van der Waals surface area contributed by atoms with E-state index in [4.69, 9.17) is 23.2 Å². The van der Waals surface area contributed by atoms with Gasteiger partial charge in [0.2, 0.25) is 0 Å². The lowest BCUT2D eigenvalue weighted by Crippen LogP contribution is -2.47. The molecule has 3 aromatic carbocycles. The van der Waals surface area contributed by atoms with Gasteiger partial charge in [0.05, 0.1) is 27.1 Å². The number of halogens is 7. The molecule has 1 aliphatic heterocycles. The molecule has 1 aliphatic rings. The maximum atomic E-state index is 14.8. The molecule has 1 amide bonds. The van der Waals surface area contributed by atoms with Crippen LogP contribution in [0, 0.1) is 12.7 Å². The smallest absolute Gasteiger partial charge is 0.271 e. The molecular formula is C30H34Cl6FN5O. The van der Waals surface area contributed by atoms with Gasteiger partial charge < -0.3 is 10.2 Å². The van der Waals surface area contributed by atoms with Crippen LogP contribution in [-0.4, -0.2) is 59.6 Å². The average molecular weight is 712 g/mol. The molecule has 0 atom stereocenters. The topological polar surface area (TPSA) is 53.4 Å². The number of nitrogens with zero attached hydrogens (tertiary/aromatic N) is 4. The number of imidazole rings is 1. The first kappa shape index (κ1) is 38.8. The number of amides is 1. The quantitative estimate of drug-likeness (QED) is 0.189. The van der Waals surface area contributed by atoms with Crippen molar-refractivity contribution in [3.63, 3.8) is 0 Å². The van der Waals surface area contributed by atoms with E-state index in [-0.39, 0.29) is 61.4 Å². The highest BCUT2D eigenvalue weighted by atomic mass is 35.5. The van der Waals surface area contributed by atoms with E-state index in [1.54, 1.807) is 35.8 Å². The van der Waals surface area contributed by atoms with Gasteiger partial charge in [-0.2, -0.15) is 0 Å². The highest BCUT2D eigenvalue weighted by molar-refractivity contribution is 6.43. The molecule has 1 fully saturated rings. The number of carbonyl (C=O) groups excluding carboxylic acids is 1. The predicted octanol–water partition coefficient (Wildman–Crippen LogP) is 7.92. The Morgan fingerprint density at radius 3 is 2.16 bits per heavy atom. The Bertz CT molecular complexity index is 1460. The molecule has 13 heteroatoms. The maximum absolute atomic E-state index is 14.8. The number of aromatic nitrogens is 2. The van der Waals surface area contributed by atoms with Crippen molar-refractivity contribution < 1.29 is 9.18 Å². The highest BCUT2D eigenvalue weighted by Gasteiger charge is 2.23. The van der Waals surface area contributed by atoms with Crippen molar-refractivity contribution in [2.75, 3.05) is 44.2 Å². The first-order valence-corrected chi connectivity index (χ1v) is 13.8. The number of anilines is 1. The number of carbonyl (C=O) groups is 1. The van der Waals surface area contributed by atoms with Crippen molar-refractivity contribution in [3.05, 3.63) is 100 Å². The SMILES string of the molecule is Cc1c(C(=O)NCCCN2CCN(c3cccc(Cl)c3Cl)CC2)nc(-c2ccccc2)n1-c1ccccc1F.Cl.Cl.Cl.Cl. The molecule has 6 nitrogen and oxygen atoms in total. The Kier molecular flexibility index (Phi) is 16.2. The van der Waals surface area contributed by atoms with Gasteiger partial charge in [0.1, 0.15) is 17.3 Å². The van der Waals surface area contributed by atoms with Crippen molar-refractivity contribution in [1.29, 1.82) is 0 Å².